The molecule has 2 N–H and O–H groups in total. The Hall–Kier alpha value is -4.33. The van der Waals surface area contributed by atoms with Crippen LogP contribution in [-0.4, -0.2) is 33.9 Å². The van der Waals surface area contributed by atoms with Gasteiger partial charge in [-0.3, -0.25) is 14.5 Å². The van der Waals surface area contributed by atoms with Gasteiger partial charge in [-0.05, 0) is 61.0 Å². The van der Waals surface area contributed by atoms with E-state index in [-0.39, 0.29) is 17.3 Å². The van der Waals surface area contributed by atoms with E-state index in [9.17, 15) is 14.7 Å². The number of hydrogen-bond donors (Lipinski definition) is 2. The van der Waals surface area contributed by atoms with E-state index in [2.05, 4.69) is 9.97 Å². The fraction of sp³-hybridized carbons (Fsp3) is 0.125. The summed E-state index contributed by atoms with van der Waals surface area (Å²) in [6, 6.07) is 14.5. The first-order chi connectivity index (χ1) is 15.5. The van der Waals surface area contributed by atoms with E-state index < -0.39 is 17.7 Å². The molecule has 160 valence electrons. The molecule has 32 heavy (non-hydrogen) atoms. The van der Waals surface area contributed by atoms with Gasteiger partial charge in [0.2, 0.25) is 5.95 Å². The molecule has 3 heterocycles. The summed E-state index contributed by atoms with van der Waals surface area (Å²) < 4.78 is 10.7. The predicted molar refractivity (Wildman–Crippen MR) is 117 cm³/mol. The molecular formula is C24H19N3O5. The van der Waals surface area contributed by atoms with Crippen molar-refractivity contribution in [1.82, 2.24) is 9.97 Å². The molecule has 0 saturated carbocycles. The number of aryl methyl sites for hydroxylation is 1. The highest BCUT2D eigenvalue weighted by Gasteiger charge is 2.49. The van der Waals surface area contributed by atoms with Crippen molar-refractivity contribution in [2.24, 2.45) is 0 Å². The lowest BCUT2D eigenvalue weighted by Crippen LogP contribution is -2.30. The van der Waals surface area contributed by atoms with E-state index in [0.29, 0.717) is 22.6 Å². The number of ketones is 1. The summed E-state index contributed by atoms with van der Waals surface area (Å²) in [6.45, 7) is 1.95. The monoisotopic (exact) mass is 429 g/mol. The van der Waals surface area contributed by atoms with Crippen molar-refractivity contribution >= 4 is 34.4 Å². The van der Waals surface area contributed by atoms with Gasteiger partial charge >= 0.3 is 5.91 Å². The number of Topliss-reactive ketones (excluding diaryl/α,β-unsaturated/α-hetero) is 1. The summed E-state index contributed by atoms with van der Waals surface area (Å²) in [6.07, 6.45) is 1.45. The van der Waals surface area contributed by atoms with Gasteiger partial charge in [-0.25, -0.2) is 4.98 Å². The number of rotatable bonds is 4. The Morgan fingerprint density at radius 1 is 1.16 bits per heavy atom. The van der Waals surface area contributed by atoms with Crippen molar-refractivity contribution in [2.45, 2.75) is 13.0 Å². The Labute approximate surface area is 182 Å². The van der Waals surface area contributed by atoms with Crippen molar-refractivity contribution in [2.75, 3.05) is 12.0 Å². The second-order valence-corrected chi connectivity index (χ2v) is 7.49. The molecule has 1 fully saturated rings. The van der Waals surface area contributed by atoms with Gasteiger partial charge in [-0.1, -0.05) is 6.07 Å². The number of carbonyl (C=O) groups excluding carboxylic acids is 2. The number of furan rings is 1. The normalized spacial score (nSPS) is 17.9. The van der Waals surface area contributed by atoms with Gasteiger partial charge in [0, 0.05) is 5.56 Å². The molecule has 8 heteroatoms. The lowest BCUT2D eigenvalue weighted by molar-refractivity contribution is -0.132. The molecule has 0 spiro atoms. The SMILES string of the molecule is COc1ccc(/C(O)=C2\C(=O)C(=O)N(c3nc4ccc(C)cc4[nH]3)C2c2ccco2)cc1. The van der Waals surface area contributed by atoms with Crippen molar-refractivity contribution in [3.63, 3.8) is 0 Å². The number of fused-ring (bicyclic) bond motifs is 1. The van der Waals surface area contributed by atoms with Gasteiger partial charge in [0.25, 0.3) is 5.78 Å². The van der Waals surface area contributed by atoms with Crippen molar-refractivity contribution in [1.29, 1.82) is 0 Å². The number of nitrogens with one attached hydrogen (secondary N) is 1. The molecule has 4 aromatic rings. The summed E-state index contributed by atoms with van der Waals surface area (Å²) in [7, 11) is 1.53. The zero-order valence-electron chi connectivity index (χ0n) is 17.3. The van der Waals surface area contributed by atoms with E-state index in [4.69, 9.17) is 9.15 Å². The number of aromatic nitrogens is 2. The Balaban J connectivity index is 1.68. The fourth-order valence-corrected chi connectivity index (χ4v) is 3.90. The van der Waals surface area contributed by atoms with Crippen molar-refractivity contribution in [3.8, 4) is 5.75 Å². The van der Waals surface area contributed by atoms with E-state index >= 15 is 0 Å². The molecule has 0 aliphatic carbocycles. The number of ether oxygens (including phenoxy) is 1. The van der Waals surface area contributed by atoms with Crippen LogP contribution in [0.2, 0.25) is 0 Å². The molecule has 1 atom stereocenters. The molecular weight excluding hydrogens is 410 g/mol. The second-order valence-electron chi connectivity index (χ2n) is 7.49. The first-order valence-electron chi connectivity index (χ1n) is 9.93. The Kier molecular flexibility index (Phi) is 4.55. The van der Waals surface area contributed by atoms with Crippen LogP contribution in [0.4, 0.5) is 5.95 Å². The molecule has 8 nitrogen and oxygen atoms in total. The molecule has 0 bridgehead atoms. The summed E-state index contributed by atoms with van der Waals surface area (Å²) >= 11 is 0. The predicted octanol–water partition coefficient (Wildman–Crippen LogP) is 4.10. The maximum absolute atomic E-state index is 13.1. The summed E-state index contributed by atoms with van der Waals surface area (Å²) in [5.41, 5.74) is 2.71. The van der Waals surface area contributed by atoms with Crippen LogP contribution in [0.5, 0.6) is 5.75 Å². The molecule has 2 aromatic heterocycles. The van der Waals surface area contributed by atoms with Crippen LogP contribution in [0.15, 0.2) is 70.9 Å². The van der Waals surface area contributed by atoms with Crippen LogP contribution in [0.25, 0.3) is 16.8 Å². The van der Waals surface area contributed by atoms with Crippen molar-refractivity contribution in [3.05, 3.63) is 83.3 Å². The average molecular weight is 429 g/mol. The number of hydrogen-bond acceptors (Lipinski definition) is 6. The highest BCUT2D eigenvalue weighted by Crippen LogP contribution is 2.42. The molecule has 1 saturated heterocycles. The summed E-state index contributed by atoms with van der Waals surface area (Å²) in [4.78, 5) is 35.0. The van der Waals surface area contributed by atoms with Gasteiger partial charge < -0.3 is 19.2 Å². The highest BCUT2D eigenvalue weighted by atomic mass is 16.5. The number of methoxy groups -OCH3 is 1. The molecule has 5 rings (SSSR count). The molecule has 1 aliphatic heterocycles. The minimum absolute atomic E-state index is 0.0771. The van der Waals surface area contributed by atoms with Crippen LogP contribution in [0.3, 0.4) is 0 Å². The second kappa shape index (κ2) is 7.42. The molecule has 2 aromatic carbocycles. The van der Waals surface area contributed by atoms with Gasteiger partial charge in [0.1, 0.15) is 23.3 Å². The third-order valence-corrected chi connectivity index (χ3v) is 5.47. The van der Waals surface area contributed by atoms with E-state index in [1.54, 1.807) is 36.4 Å². The summed E-state index contributed by atoms with van der Waals surface area (Å²) in [5.74, 6) is -0.809. The largest absolute Gasteiger partial charge is 0.507 e. The number of imidazole rings is 1. The van der Waals surface area contributed by atoms with Gasteiger partial charge in [-0.2, -0.15) is 0 Å². The van der Waals surface area contributed by atoms with Gasteiger partial charge in [-0.15, -0.1) is 0 Å². The maximum Gasteiger partial charge on any atom is 0.302 e. The first kappa shape index (κ1) is 19.6. The topological polar surface area (TPSA) is 109 Å². The van der Waals surface area contributed by atoms with Crippen LogP contribution < -0.4 is 9.64 Å². The smallest absolute Gasteiger partial charge is 0.302 e. The number of amides is 1. The number of anilines is 1. The Bertz CT molecular complexity index is 1370. The zero-order valence-corrected chi connectivity index (χ0v) is 17.3. The van der Waals surface area contributed by atoms with E-state index in [1.807, 2.05) is 25.1 Å². The fourth-order valence-electron chi connectivity index (χ4n) is 3.90. The number of benzene rings is 2. The number of carbonyl (C=O) groups is 2. The standard InChI is InChI=1S/C24H19N3O5/c1-13-5-10-16-17(12-13)26-24(25-16)27-20(18-4-3-11-32-18)19(22(29)23(27)30)21(28)14-6-8-15(31-2)9-7-14/h3-12,20,28H,1-2H3,(H,25,26)/b21-19+. The number of H-pyrrole nitrogens is 1. The molecule has 1 amide bonds. The summed E-state index contributed by atoms with van der Waals surface area (Å²) in [5, 5.41) is 11.0. The number of aliphatic hydroxyl groups excluding tert-OH is 1. The van der Waals surface area contributed by atoms with Crippen LogP contribution in [-0.2, 0) is 9.59 Å². The molecule has 0 radical (unpaired) electrons. The average Bonchev–Trinajstić information content (AvgIpc) is 3.52. The minimum Gasteiger partial charge on any atom is -0.507 e. The quantitative estimate of drug-likeness (QED) is 0.287. The zero-order chi connectivity index (χ0) is 22.4. The van der Waals surface area contributed by atoms with Crippen LogP contribution >= 0.6 is 0 Å². The molecule has 1 aliphatic rings. The number of aromatic amines is 1. The molecule has 1 unspecified atom stereocenters. The van der Waals surface area contributed by atoms with Crippen LogP contribution in [0, 0.1) is 6.92 Å². The first-order valence-corrected chi connectivity index (χ1v) is 9.93. The Morgan fingerprint density at radius 2 is 1.94 bits per heavy atom. The number of aliphatic hydroxyl groups is 1. The van der Waals surface area contributed by atoms with Crippen LogP contribution in [0.1, 0.15) is 22.9 Å². The third kappa shape index (κ3) is 3.04. The Morgan fingerprint density at radius 3 is 2.62 bits per heavy atom. The van der Waals surface area contributed by atoms with E-state index in [0.717, 1.165) is 11.1 Å². The third-order valence-electron chi connectivity index (χ3n) is 5.47. The number of nitrogens with zero attached hydrogens (tertiary/aromatic N) is 2. The van der Waals surface area contributed by atoms with E-state index in [1.165, 1.54) is 18.3 Å². The van der Waals surface area contributed by atoms with Crippen molar-refractivity contribution < 1.29 is 23.8 Å². The lowest BCUT2D eigenvalue weighted by Gasteiger charge is -2.20. The minimum atomic E-state index is -0.978. The van der Waals surface area contributed by atoms with Gasteiger partial charge in [0.15, 0.2) is 0 Å². The lowest BCUT2D eigenvalue weighted by atomic mass is 9.99. The van der Waals surface area contributed by atoms with Gasteiger partial charge in [0.05, 0.1) is 30.0 Å². The highest BCUT2D eigenvalue weighted by molar-refractivity contribution is 6.51. The maximum atomic E-state index is 13.1.